The minimum absolute atomic E-state index is 0.102. The predicted molar refractivity (Wildman–Crippen MR) is 144 cm³/mol. The van der Waals surface area contributed by atoms with E-state index in [1.165, 1.54) is 27.4 Å². The number of amides is 2. The van der Waals surface area contributed by atoms with Crippen molar-refractivity contribution in [2.24, 2.45) is 17.8 Å². The number of hydrogen-bond acceptors (Lipinski definition) is 6. The Bertz CT molecular complexity index is 1050. The third-order valence-electron chi connectivity index (χ3n) is 7.47. The lowest BCUT2D eigenvalue weighted by molar-refractivity contribution is -0.123. The van der Waals surface area contributed by atoms with Gasteiger partial charge in [-0.25, -0.2) is 8.42 Å². The lowest BCUT2D eigenvalue weighted by Gasteiger charge is -2.35. The van der Waals surface area contributed by atoms with Crippen LogP contribution >= 0.6 is 11.8 Å². The highest BCUT2D eigenvalue weighted by Gasteiger charge is 2.32. The average molecular weight is 537 g/mol. The molecule has 1 N–H and O–H groups in total. The van der Waals surface area contributed by atoms with E-state index in [0.717, 1.165) is 43.8 Å². The van der Waals surface area contributed by atoms with Gasteiger partial charge in [0.2, 0.25) is 21.8 Å². The largest absolute Gasteiger partial charge is 0.355 e. The molecule has 0 spiro atoms. The van der Waals surface area contributed by atoms with E-state index in [-0.39, 0.29) is 29.0 Å². The molecule has 10 heteroatoms. The van der Waals surface area contributed by atoms with Crippen molar-refractivity contribution in [3.63, 3.8) is 0 Å². The second-order valence-electron chi connectivity index (χ2n) is 10.9. The van der Waals surface area contributed by atoms with Gasteiger partial charge in [-0.2, -0.15) is 4.31 Å². The maximum absolute atomic E-state index is 13.3. The van der Waals surface area contributed by atoms with E-state index in [2.05, 4.69) is 31.0 Å². The van der Waals surface area contributed by atoms with Crippen molar-refractivity contribution in [1.29, 1.82) is 0 Å². The molecular formula is C26H40N4O4S2. The Morgan fingerprint density at radius 1 is 1.08 bits per heavy atom. The van der Waals surface area contributed by atoms with Gasteiger partial charge in [-0.3, -0.25) is 9.59 Å². The highest BCUT2D eigenvalue weighted by atomic mass is 32.2. The number of nitrogens with zero attached hydrogens (tertiary/aromatic N) is 3. The molecule has 0 saturated carbocycles. The Labute approximate surface area is 220 Å². The first-order valence-corrected chi connectivity index (χ1v) is 15.6. The first kappa shape index (κ1) is 27.4. The maximum atomic E-state index is 13.3. The Balaban J connectivity index is 1.36. The molecular weight excluding hydrogens is 496 g/mol. The first-order chi connectivity index (χ1) is 17.1. The molecule has 0 bridgehead atoms. The molecule has 0 radical (unpaired) electrons. The number of likely N-dealkylation sites (tertiary alicyclic amines) is 1. The van der Waals surface area contributed by atoms with Gasteiger partial charge in [0, 0.05) is 37.6 Å². The molecule has 8 nitrogen and oxygen atoms in total. The third-order valence-corrected chi connectivity index (χ3v) is 10.4. The van der Waals surface area contributed by atoms with E-state index in [4.69, 9.17) is 0 Å². The van der Waals surface area contributed by atoms with Crippen LogP contribution in [0.15, 0.2) is 28.0 Å². The van der Waals surface area contributed by atoms with Gasteiger partial charge in [0.1, 0.15) is 6.54 Å². The minimum Gasteiger partial charge on any atom is -0.355 e. The number of benzene rings is 1. The van der Waals surface area contributed by atoms with Crippen LogP contribution < -0.4 is 10.2 Å². The van der Waals surface area contributed by atoms with Crippen molar-refractivity contribution in [1.82, 2.24) is 14.5 Å². The summed E-state index contributed by atoms with van der Waals surface area (Å²) >= 11 is 1.38. The molecule has 2 saturated heterocycles. The summed E-state index contributed by atoms with van der Waals surface area (Å²) in [6, 6.07) is 4.95. The van der Waals surface area contributed by atoms with Crippen LogP contribution in [0.2, 0.25) is 0 Å². The Hall–Kier alpha value is -1.62. The number of carbonyl (C=O) groups is 2. The summed E-state index contributed by atoms with van der Waals surface area (Å²) in [5.41, 5.74) is 0.508. The van der Waals surface area contributed by atoms with Crippen LogP contribution in [0.4, 0.5) is 5.69 Å². The smallest absolute Gasteiger partial charge is 0.243 e. The molecule has 1 aromatic carbocycles. The van der Waals surface area contributed by atoms with Gasteiger partial charge < -0.3 is 15.1 Å². The maximum Gasteiger partial charge on any atom is 0.243 e. The molecule has 200 valence electrons. The number of fused-ring (bicyclic) bond motifs is 1. The van der Waals surface area contributed by atoms with Gasteiger partial charge in [0.05, 0.1) is 16.3 Å². The zero-order valence-electron chi connectivity index (χ0n) is 21.7. The van der Waals surface area contributed by atoms with E-state index < -0.39 is 10.0 Å². The third kappa shape index (κ3) is 6.62. The van der Waals surface area contributed by atoms with Crippen molar-refractivity contribution >= 4 is 39.3 Å². The van der Waals surface area contributed by atoms with Crippen LogP contribution in [0.5, 0.6) is 0 Å². The summed E-state index contributed by atoms with van der Waals surface area (Å²) in [4.78, 5) is 30.4. The number of piperidine rings is 2. The zero-order valence-corrected chi connectivity index (χ0v) is 23.4. The van der Waals surface area contributed by atoms with Gasteiger partial charge in [-0.05, 0) is 68.2 Å². The van der Waals surface area contributed by atoms with E-state index >= 15 is 0 Å². The number of nitrogens with one attached hydrogen (secondary N) is 1. The number of sulfonamides is 1. The predicted octanol–water partition coefficient (Wildman–Crippen LogP) is 3.03. The molecule has 0 aromatic heterocycles. The van der Waals surface area contributed by atoms with Gasteiger partial charge >= 0.3 is 0 Å². The fraction of sp³-hybridized carbons (Fsp3) is 0.692. The lowest BCUT2D eigenvalue weighted by atomic mass is 9.92. The lowest BCUT2D eigenvalue weighted by Crippen LogP contribution is -2.44. The molecule has 3 aliphatic heterocycles. The van der Waals surface area contributed by atoms with Gasteiger partial charge in [0.25, 0.3) is 0 Å². The van der Waals surface area contributed by atoms with E-state index in [1.807, 2.05) is 0 Å². The number of hydrogen-bond donors (Lipinski definition) is 1. The molecule has 36 heavy (non-hydrogen) atoms. The summed E-state index contributed by atoms with van der Waals surface area (Å²) in [5, 5.41) is 2.95. The second kappa shape index (κ2) is 11.8. The normalized spacial score (nSPS) is 24.5. The number of thioether (sulfide) groups is 1. The van der Waals surface area contributed by atoms with Crippen molar-refractivity contribution in [3.05, 3.63) is 18.2 Å². The molecule has 2 amide bonds. The van der Waals surface area contributed by atoms with Gasteiger partial charge in [-0.1, -0.05) is 20.8 Å². The molecule has 4 rings (SSSR count). The Morgan fingerprint density at radius 2 is 1.78 bits per heavy atom. The van der Waals surface area contributed by atoms with E-state index in [1.54, 1.807) is 18.2 Å². The van der Waals surface area contributed by atoms with Crippen LogP contribution in [0, 0.1) is 17.8 Å². The Kier molecular flexibility index (Phi) is 9.01. The fourth-order valence-corrected chi connectivity index (χ4v) is 8.00. The standard InChI is InChI=1S/C26H40N4O4S2/c1-19-7-11-29(12-8-19)36(33,34)22-5-6-24-23(14-22)30(26(32)18-35-24)17-25(31)27-9-4-10-28-15-20(2)13-21(3)16-28/h5-6,14,19-21H,4,7-13,15-18H2,1-3H3,(H,27,31)/t20-,21-/m0/s1. The monoisotopic (exact) mass is 536 g/mol. The highest BCUT2D eigenvalue weighted by molar-refractivity contribution is 8.00. The summed E-state index contributed by atoms with van der Waals surface area (Å²) < 4.78 is 28.1. The number of anilines is 1. The molecule has 1 aromatic rings. The van der Waals surface area contributed by atoms with Crippen molar-refractivity contribution in [2.45, 2.75) is 56.2 Å². The molecule has 0 unspecified atom stereocenters. The quantitative estimate of drug-likeness (QED) is 0.514. The SMILES string of the molecule is CC1CCN(S(=O)(=O)c2ccc3c(c2)N(CC(=O)NCCCN2C[C@@H](C)C[C@H](C)C2)C(=O)CS3)CC1. The first-order valence-electron chi connectivity index (χ1n) is 13.2. The van der Waals surface area contributed by atoms with Crippen LogP contribution in [-0.2, 0) is 19.6 Å². The molecule has 2 atom stereocenters. The van der Waals surface area contributed by atoms with E-state index in [0.29, 0.717) is 43.1 Å². The average Bonchev–Trinajstić information content (AvgIpc) is 2.83. The molecule has 2 fully saturated rings. The number of carbonyl (C=O) groups excluding carboxylic acids is 2. The molecule has 3 aliphatic rings. The zero-order chi connectivity index (χ0) is 25.9. The van der Waals surface area contributed by atoms with Crippen LogP contribution in [0.1, 0.15) is 46.5 Å². The summed E-state index contributed by atoms with van der Waals surface area (Å²) in [7, 11) is -3.64. The highest BCUT2D eigenvalue weighted by Crippen LogP contribution is 2.37. The fourth-order valence-electron chi connectivity index (χ4n) is 5.59. The summed E-state index contributed by atoms with van der Waals surface area (Å²) in [6.45, 7) is 11.4. The van der Waals surface area contributed by atoms with Crippen LogP contribution in [0.3, 0.4) is 0 Å². The topological polar surface area (TPSA) is 90.0 Å². The second-order valence-corrected chi connectivity index (χ2v) is 13.8. The van der Waals surface area contributed by atoms with Crippen molar-refractivity contribution in [3.8, 4) is 0 Å². The Morgan fingerprint density at radius 3 is 2.47 bits per heavy atom. The number of rotatable bonds is 8. The summed E-state index contributed by atoms with van der Waals surface area (Å²) in [6.07, 6.45) is 3.83. The van der Waals surface area contributed by atoms with Crippen LogP contribution in [-0.4, -0.2) is 81.0 Å². The van der Waals surface area contributed by atoms with Gasteiger partial charge in [0.15, 0.2) is 0 Å². The molecule has 3 heterocycles. The van der Waals surface area contributed by atoms with Gasteiger partial charge in [-0.15, -0.1) is 11.8 Å². The van der Waals surface area contributed by atoms with Crippen LogP contribution in [0.25, 0.3) is 0 Å². The van der Waals surface area contributed by atoms with E-state index in [9.17, 15) is 18.0 Å². The van der Waals surface area contributed by atoms with Crippen molar-refractivity contribution in [2.75, 3.05) is 56.5 Å². The molecule has 0 aliphatic carbocycles. The minimum atomic E-state index is -3.64. The summed E-state index contributed by atoms with van der Waals surface area (Å²) in [5.74, 6) is 1.77. The van der Waals surface area contributed by atoms with Crippen molar-refractivity contribution < 1.29 is 18.0 Å².